The standard InChI is InChI=1S/C20H13Br2N3O3S/c1-11(26)28-18-13(8-14(21)10-15(18)22)9-16-19(27)25-20(29-16)23-17(24-25)7-12-5-3-2-4-6-12/h2-6,8-10H,7H2,1H3/b16-9-. The molecule has 0 aliphatic heterocycles. The Morgan fingerprint density at radius 3 is 2.69 bits per heavy atom. The largest absolute Gasteiger partial charge is 0.425 e. The Kier molecular flexibility index (Phi) is 5.62. The summed E-state index contributed by atoms with van der Waals surface area (Å²) >= 11 is 8.05. The zero-order chi connectivity index (χ0) is 20.5. The molecule has 0 N–H and O–H groups in total. The summed E-state index contributed by atoms with van der Waals surface area (Å²) in [5, 5.41) is 4.36. The number of nitrogens with zero attached hydrogens (tertiary/aromatic N) is 3. The van der Waals surface area contributed by atoms with E-state index in [2.05, 4.69) is 41.9 Å². The van der Waals surface area contributed by atoms with Crippen molar-refractivity contribution in [2.45, 2.75) is 13.3 Å². The van der Waals surface area contributed by atoms with Gasteiger partial charge in [0.25, 0.3) is 5.56 Å². The summed E-state index contributed by atoms with van der Waals surface area (Å²) < 4.78 is 8.46. The molecule has 2 aromatic heterocycles. The van der Waals surface area contributed by atoms with E-state index in [0.717, 1.165) is 10.0 Å². The number of carbonyl (C=O) groups is 1. The summed E-state index contributed by atoms with van der Waals surface area (Å²) in [6.07, 6.45) is 2.23. The minimum Gasteiger partial charge on any atom is -0.425 e. The molecule has 0 amide bonds. The SMILES string of the molecule is CC(=O)Oc1c(Br)cc(Br)cc1/C=c1\sc2nc(Cc3ccccc3)nn2c1=O. The van der Waals surface area contributed by atoms with E-state index in [0.29, 0.717) is 37.5 Å². The fourth-order valence-corrected chi connectivity index (χ4v) is 5.06. The van der Waals surface area contributed by atoms with Gasteiger partial charge in [-0.25, -0.2) is 4.98 Å². The third kappa shape index (κ3) is 4.31. The number of hydrogen-bond acceptors (Lipinski definition) is 6. The van der Waals surface area contributed by atoms with Crippen LogP contribution in [0.1, 0.15) is 23.9 Å². The van der Waals surface area contributed by atoms with Crippen molar-refractivity contribution in [3.05, 3.63) is 83.2 Å². The molecule has 29 heavy (non-hydrogen) atoms. The van der Waals surface area contributed by atoms with Crippen molar-refractivity contribution < 1.29 is 9.53 Å². The molecule has 0 fully saturated rings. The average molecular weight is 535 g/mol. The number of rotatable bonds is 4. The van der Waals surface area contributed by atoms with Crippen molar-refractivity contribution in [2.75, 3.05) is 0 Å². The molecule has 9 heteroatoms. The van der Waals surface area contributed by atoms with E-state index < -0.39 is 5.97 Å². The fourth-order valence-electron chi connectivity index (χ4n) is 2.81. The lowest BCUT2D eigenvalue weighted by Gasteiger charge is -2.08. The number of carbonyl (C=O) groups excluding carboxylic acids is 1. The summed E-state index contributed by atoms with van der Waals surface area (Å²) in [5.74, 6) is 0.499. The normalized spacial score (nSPS) is 11.9. The highest BCUT2D eigenvalue weighted by Gasteiger charge is 2.14. The Morgan fingerprint density at radius 2 is 2.00 bits per heavy atom. The molecule has 4 rings (SSSR count). The lowest BCUT2D eigenvalue weighted by Crippen LogP contribution is -2.24. The van der Waals surface area contributed by atoms with Crippen molar-refractivity contribution in [2.24, 2.45) is 0 Å². The molecule has 0 saturated heterocycles. The Bertz CT molecular complexity index is 1330. The number of fused-ring (bicyclic) bond motifs is 1. The molecular formula is C20H13Br2N3O3S. The van der Waals surface area contributed by atoms with E-state index in [-0.39, 0.29) is 5.56 Å². The molecular weight excluding hydrogens is 522 g/mol. The van der Waals surface area contributed by atoms with Gasteiger partial charge in [0, 0.05) is 23.4 Å². The van der Waals surface area contributed by atoms with Crippen LogP contribution in [0.15, 0.2) is 56.2 Å². The van der Waals surface area contributed by atoms with Gasteiger partial charge in [-0.15, -0.1) is 5.10 Å². The van der Waals surface area contributed by atoms with Gasteiger partial charge in [0.15, 0.2) is 11.6 Å². The maximum atomic E-state index is 12.8. The van der Waals surface area contributed by atoms with Crippen molar-refractivity contribution >= 4 is 60.2 Å². The van der Waals surface area contributed by atoms with Crippen LogP contribution in [0, 0.1) is 0 Å². The highest BCUT2D eigenvalue weighted by Crippen LogP contribution is 2.33. The van der Waals surface area contributed by atoms with Crippen LogP contribution in [0.4, 0.5) is 0 Å². The number of thiazole rings is 1. The summed E-state index contributed by atoms with van der Waals surface area (Å²) in [7, 11) is 0. The predicted molar refractivity (Wildman–Crippen MR) is 118 cm³/mol. The molecule has 6 nitrogen and oxygen atoms in total. The van der Waals surface area contributed by atoms with Crippen LogP contribution in [0.25, 0.3) is 11.0 Å². The number of aromatic nitrogens is 3. The molecule has 146 valence electrons. The highest BCUT2D eigenvalue weighted by molar-refractivity contribution is 9.11. The molecule has 0 atom stereocenters. The Labute approximate surface area is 186 Å². The summed E-state index contributed by atoms with van der Waals surface area (Å²) in [6.45, 7) is 1.33. The molecule has 0 saturated carbocycles. The first-order chi connectivity index (χ1) is 13.9. The Morgan fingerprint density at radius 1 is 1.24 bits per heavy atom. The number of halogens is 2. The summed E-state index contributed by atoms with van der Waals surface area (Å²) in [6, 6.07) is 13.4. The van der Waals surface area contributed by atoms with Crippen LogP contribution in [-0.4, -0.2) is 20.6 Å². The van der Waals surface area contributed by atoms with Crippen LogP contribution in [0.2, 0.25) is 0 Å². The molecule has 4 aromatic rings. The van der Waals surface area contributed by atoms with Gasteiger partial charge in [-0.3, -0.25) is 9.59 Å². The van der Waals surface area contributed by atoms with Crippen LogP contribution in [0.5, 0.6) is 5.75 Å². The lowest BCUT2D eigenvalue weighted by atomic mass is 10.1. The van der Waals surface area contributed by atoms with Gasteiger partial charge >= 0.3 is 5.97 Å². The summed E-state index contributed by atoms with van der Waals surface area (Å²) in [4.78, 5) is 29.3. The highest BCUT2D eigenvalue weighted by atomic mass is 79.9. The van der Waals surface area contributed by atoms with E-state index in [1.54, 1.807) is 18.2 Å². The van der Waals surface area contributed by atoms with Gasteiger partial charge in [-0.05, 0) is 39.7 Å². The predicted octanol–water partition coefficient (Wildman–Crippen LogP) is 3.74. The van der Waals surface area contributed by atoms with E-state index in [4.69, 9.17) is 4.74 Å². The Hall–Kier alpha value is -2.36. The fraction of sp³-hybridized carbons (Fsp3) is 0.100. The van der Waals surface area contributed by atoms with Gasteiger partial charge in [-0.1, -0.05) is 57.6 Å². The minimum atomic E-state index is -0.446. The van der Waals surface area contributed by atoms with Crippen LogP contribution < -0.4 is 14.8 Å². The monoisotopic (exact) mass is 533 g/mol. The van der Waals surface area contributed by atoms with Crippen molar-refractivity contribution in [1.82, 2.24) is 14.6 Å². The second-order valence-electron chi connectivity index (χ2n) is 6.20. The molecule has 0 radical (unpaired) electrons. The first-order valence-electron chi connectivity index (χ1n) is 8.52. The molecule has 0 bridgehead atoms. The lowest BCUT2D eigenvalue weighted by molar-refractivity contribution is -0.131. The van der Waals surface area contributed by atoms with Gasteiger partial charge in [0.1, 0.15) is 0 Å². The zero-order valence-electron chi connectivity index (χ0n) is 15.1. The molecule has 0 aliphatic carbocycles. The third-order valence-electron chi connectivity index (χ3n) is 4.00. The molecule has 0 spiro atoms. The van der Waals surface area contributed by atoms with Crippen molar-refractivity contribution in [3.8, 4) is 5.75 Å². The number of esters is 1. The summed E-state index contributed by atoms with van der Waals surface area (Å²) in [5.41, 5.74) is 1.41. The second kappa shape index (κ2) is 8.17. The minimum absolute atomic E-state index is 0.262. The van der Waals surface area contributed by atoms with E-state index in [9.17, 15) is 9.59 Å². The van der Waals surface area contributed by atoms with Gasteiger partial charge in [-0.2, -0.15) is 4.52 Å². The molecule has 0 aliphatic rings. The van der Waals surface area contributed by atoms with E-state index in [1.165, 1.54) is 22.8 Å². The van der Waals surface area contributed by atoms with Crippen LogP contribution in [0.3, 0.4) is 0 Å². The zero-order valence-corrected chi connectivity index (χ0v) is 19.0. The van der Waals surface area contributed by atoms with Crippen molar-refractivity contribution in [1.29, 1.82) is 0 Å². The van der Waals surface area contributed by atoms with Gasteiger partial charge in [0.2, 0.25) is 4.96 Å². The smallest absolute Gasteiger partial charge is 0.308 e. The topological polar surface area (TPSA) is 73.6 Å². The van der Waals surface area contributed by atoms with Crippen LogP contribution >= 0.6 is 43.2 Å². The Balaban J connectivity index is 1.76. The maximum absolute atomic E-state index is 12.8. The van der Waals surface area contributed by atoms with Gasteiger partial charge < -0.3 is 4.74 Å². The second-order valence-corrected chi connectivity index (χ2v) is 8.98. The molecule has 2 aromatic carbocycles. The van der Waals surface area contributed by atoms with Crippen LogP contribution in [-0.2, 0) is 11.2 Å². The average Bonchev–Trinajstić information content (AvgIpc) is 3.17. The molecule has 2 heterocycles. The van der Waals surface area contributed by atoms with E-state index >= 15 is 0 Å². The molecule has 0 unspecified atom stereocenters. The third-order valence-corrected chi connectivity index (χ3v) is 6.01. The number of benzene rings is 2. The maximum Gasteiger partial charge on any atom is 0.308 e. The first kappa shape index (κ1) is 19.9. The van der Waals surface area contributed by atoms with E-state index in [1.807, 2.05) is 30.3 Å². The van der Waals surface area contributed by atoms with Crippen molar-refractivity contribution in [3.63, 3.8) is 0 Å². The van der Waals surface area contributed by atoms with Gasteiger partial charge in [0.05, 0.1) is 9.01 Å². The first-order valence-corrected chi connectivity index (χ1v) is 10.9. The number of ether oxygens (including phenoxy) is 1. The quantitative estimate of drug-likeness (QED) is 0.294. The number of hydrogen-bond donors (Lipinski definition) is 0.